The Labute approximate surface area is 113 Å². The third-order valence-corrected chi connectivity index (χ3v) is 6.58. The molecule has 1 aliphatic carbocycles. The number of hydrogen-bond acceptors (Lipinski definition) is 2. The Hall–Kier alpha value is -0.940. The first-order chi connectivity index (χ1) is 8.89. The maximum absolute atomic E-state index is 13.3. The summed E-state index contributed by atoms with van der Waals surface area (Å²) in [6.07, 6.45) is 3.08. The molecule has 1 heterocycles. The van der Waals surface area contributed by atoms with E-state index in [2.05, 4.69) is 0 Å². The summed E-state index contributed by atoms with van der Waals surface area (Å²) in [7, 11) is -3.48. The van der Waals surface area contributed by atoms with E-state index in [0.717, 1.165) is 19.3 Å². The van der Waals surface area contributed by atoms with Crippen molar-refractivity contribution in [3.8, 4) is 0 Å². The van der Waals surface area contributed by atoms with Crippen molar-refractivity contribution in [3.63, 3.8) is 0 Å². The summed E-state index contributed by atoms with van der Waals surface area (Å²) >= 11 is 0. The Bertz CT molecular complexity index is 603. The van der Waals surface area contributed by atoms with Crippen LogP contribution in [0.4, 0.5) is 4.39 Å². The van der Waals surface area contributed by atoms with Crippen LogP contribution in [0.2, 0.25) is 0 Å². The van der Waals surface area contributed by atoms with Crippen molar-refractivity contribution in [1.29, 1.82) is 0 Å². The zero-order valence-corrected chi connectivity index (χ0v) is 12.0. The molecule has 2 aliphatic rings. The summed E-state index contributed by atoms with van der Waals surface area (Å²) in [5, 5.41) is 0. The molecular weight excluding hydrogens is 265 g/mol. The fourth-order valence-corrected chi connectivity index (χ4v) is 5.75. The first-order valence-electron chi connectivity index (χ1n) is 6.68. The van der Waals surface area contributed by atoms with Crippen LogP contribution in [0.25, 0.3) is 0 Å². The van der Waals surface area contributed by atoms with Gasteiger partial charge in [0.2, 0.25) is 10.0 Å². The van der Waals surface area contributed by atoms with Gasteiger partial charge < -0.3 is 0 Å². The van der Waals surface area contributed by atoms with Gasteiger partial charge in [-0.3, -0.25) is 0 Å². The van der Waals surface area contributed by atoms with Crippen LogP contribution in [0.1, 0.15) is 30.4 Å². The van der Waals surface area contributed by atoms with E-state index in [1.165, 1.54) is 12.1 Å². The van der Waals surface area contributed by atoms with E-state index in [0.29, 0.717) is 28.5 Å². The smallest absolute Gasteiger partial charge is 0.207 e. The number of piperidine rings is 1. The van der Waals surface area contributed by atoms with Crippen LogP contribution in [0.3, 0.4) is 0 Å². The average Bonchev–Trinajstić information content (AvgIpc) is 2.88. The number of hydrogen-bond donors (Lipinski definition) is 0. The Morgan fingerprint density at radius 3 is 2.32 bits per heavy atom. The van der Waals surface area contributed by atoms with Gasteiger partial charge in [-0.1, -0.05) is 0 Å². The lowest BCUT2D eigenvalue weighted by atomic mass is 10.1. The third-order valence-electron chi connectivity index (χ3n) is 4.35. The molecule has 1 aliphatic heterocycles. The molecule has 2 bridgehead atoms. The highest BCUT2D eigenvalue weighted by molar-refractivity contribution is 7.89. The molecule has 3 rings (SSSR count). The van der Waals surface area contributed by atoms with Gasteiger partial charge in [0.15, 0.2) is 0 Å². The SMILES string of the molecule is Cc1cc(F)cc(C)c1S(=O)(=O)N1CC2CCC1C2. The van der Waals surface area contributed by atoms with Crippen molar-refractivity contribution in [2.75, 3.05) is 6.54 Å². The number of fused-ring (bicyclic) bond motifs is 2. The number of rotatable bonds is 2. The highest BCUT2D eigenvalue weighted by atomic mass is 32.2. The van der Waals surface area contributed by atoms with Crippen molar-refractivity contribution in [3.05, 3.63) is 29.1 Å². The van der Waals surface area contributed by atoms with Crippen molar-refractivity contribution in [2.24, 2.45) is 5.92 Å². The number of nitrogens with zero attached hydrogens (tertiary/aromatic N) is 1. The summed E-state index contributed by atoms with van der Waals surface area (Å²) in [4.78, 5) is 0.293. The molecule has 0 radical (unpaired) electrons. The molecule has 1 saturated heterocycles. The van der Waals surface area contributed by atoms with Crippen LogP contribution in [0.15, 0.2) is 17.0 Å². The predicted octanol–water partition coefficient (Wildman–Crippen LogP) is 2.62. The molecule has 0 aromatic heterocycles. The number of benzene rings is 1. The molecule has 0 N–H and O–H groups in total. The third kappa shape index (κ3) is 1.99. The molecule has 1 aromatic carbocycles. The number of halogens is 1. The van der Waals surface area contributed by atoms with E-state index in [1.807, 2.05) is 0 Å². The van der Waals surface area contributed by atoms with Gasteiger partial charge in [-0.15, -0.1) is 0 Å². The van der Waals surface area contributed by atoms with Gasteiger partial charge in [-0.2, -0.15) is 4.31 Å². The van der Waals surface area contributed by atoms with Crippen molar-refractivity contribution < 1.29 is 12.8 Å². The molecule has 2 atom stereocenters. The molecule has 1 saturated carbocycles. The van der Waals surface area contributed by atoms with Gasteiger partial charge in [-0.25, -0.2) is 12.8 Å². The molecule has 3 nitrogen and oxygen atoms in total. The molecule has 19 heavy (non-hydrogen) atoms. The highest BCUT2D eigenvalue weighted by Gasteiger charge is 2.44. The Balaban J connectivity index is 2.06. The van der Waals surface area contributed by atoms with E-state index < -0.39 is 10.0 Å². The second kappa shape index (κ2) is 4.28. The topological polar surface area (TPSA) is 37.4 Å². The lowest BCUT2D eigenvalue weighted by molar-refractivity contribution is 0.333. The first-order valence-corrected chi connectivity index (χ1v) is 8.12. The van der Waals surface area contributed by atoms with Crippen LogP contribution in [0.5, 0.6) is 0 Å². The van der Waals surface area contributed by atoms with Gasteiger partial charge in [0.1, 0.15) is 5.82 Å². The van der Waals surface area contributed by atoms with Crippen molar-refractivity contribution >= 4 is 10.0 Å². The maximum atomic E-state index is 13.3. The highest BCUT2D eigenvalue weighted by Crippen LogP contribution is 2.41. The summed E-state index contributed by atoms with van der Waals surface area (Å²) in [5.74, 6) is 0.137. The molecule has 0 amide bonds. The molecule has 0 spiro atoms. The molecule has 104 valence electrons. The summed E-state index contributed by atoms with van der Waals surface area (Å²) in [6, 6.07) is 2.75. The summed E-state index contributed by atoms with van der Waals surface area (Å²) in [5.41, 5.74) is 1.00. The summed E-state index contributed by atoms with van der Waals surface area (Å²) in [6.45, 7) is 3.96. The van der Waals surface area contributed by atoms with Crippen molar-refractivity contribution in [2.45, 2.75) is 44.0 Å². The average molecular weight is 283 g/mol. The van der Waals surface area contributed by atoms with E-state index in [9.17, 15) is 12.8 Å². The van der Waals surface area contributed by atoms with Gasteiger partial charge >= 0.3 is 0 Å². The summed E-state index contributed by atoms with van der Waals surface area (Å²) < 4.78 is 40.5. The van der Waals surface area contributed by atoms with Crippen molar-refractivity contribution in [1.82, 2.24) is 4.31 Å². The largest absolute Gasteiger partial charge is 0.243 e. The van der Waals surface area contributed by atoms with Gasteiger partial charge in [0.05, 0.1) is 4.90 Å². The Morgan fingerprint density at radius 1 is 1.21 bits per heavy atom. The van der Waals surface area contributed by atoms with Crippen LogP contribution >= 0.6 is 0 Å². The lowest BCUT2D eigenvalue weighted by Gasteiger charge is -2.27. The van der Waals surface area contributed by atoms with E-state index >= 15 is 0 Å². The van der Waals surface area contributed by atoms with Gasteiger partial charge in [0.25, 0.3) is 0 Å². The minimum Gasteiger partial charge on any atom is -0.207 e. The second-order valence-electron chi connectivity index (χ2n) is 5.78. The molecular formula is C14H18FNO2S. The molecule has 2 unspecified atom stereocenters. The van der Waals surface area contributed by atoms with E-state index in [4.69, 9.17) is 0 Å². The van der Waals surface area contributed by atoms with Crippen LogP contribution < -0.4 is 0 Å². The Kier molecular flexibility index (Phi) is 2.94. The predicted molar refractivity (Wildman–Crippen MR) is 70.9 cm³/mol. The second-order valence-corrected chi connectivity index (χ2v) is 7.60. The van der Waals surface area contributed by atoms with Crippen LogP contribution in [0, 0.1) is 25.6 Å². The van der Waals surface area contributed by atoms with Crippen LogP contribution in [-0.2, 0) is 10.0 Å². The quantitative estimate of drug-likeness (QED) is 0.836. The van der Waals surface area contributed by atoms with Gasteiger partial charge in [-0.05, 0) is 62.3 Å². The standard InChI is InChI=1S/C14H18FNO2S/c1-9-5-12(15)6-10(2)14(9)19(17,18)16-8-11-3-4-13(16)7-11/h5-6,11,13H,3-4,7-8H2,1-2H3. The fourth-order valence-electron chi connectivity index (χ4n) is 3.60. The number of sulfonamides is 1. The molecule has 1 aromatic rings. The number of aryl methyl sites for hydroxylation is 2. The fraction of sp³-hybridized carbons (Fsp3) is 0.571. The molecule has 5 heteroatoms. The van der Waals surface area contributed by atoms with Crippen LogP contribution in [-0.4, -0.2) is 25.3 Å². The minimum absolute atomic E-state index is 0.152. The van der Waals surface area contributed by atoms with Gasteiger partial charge in [0, 0.05) is 12.6 Å². The minimum atomic E-state index is -3.48. The normalized spacial score (nSPS) is 27.1. The molecule has 2 fully saturated rings. The lowest BCUT2D eigenvalue weighted by Crippen LogP contribution is -2.38. The first kappa shape index (κ1) is 13.1. The monoisotopic (exact) mass is 283 g/mol. The van der Waals surface area contributed by atoms with E-state index in [1.54, 1.807) is 18.2 Å². The maximum Gasteiger partial charge on any atom is 0.243 e. The van der Waals surface area contributed by atoms with E-state index in [-0.39, 0.29) is 11.9 Å². The Morgan fingerprint density at radius 2 is 1.84 bits per heavy atom. The zero-order chi connectivity index (χ0) is 13.8. The zero-order valence-electron chi connectivity index (χ0n) is 11.2.